The first-order valence-corrected chi connectivity index (χ1v) is 14.0. The van der Waals surface area contributed by atoms with Crippen molar-refractivity contribution in [2.24, 2.45) is 0 Å². The standard InChI is InChI=1S/C14H34O2Si2/c1-17(2,15)13-11-9-7-5-6-8-10-12-14-18(3,4)16/h15-16H,5-14H2,1-4H3. The third-order valence-corrected chi connectivity index (χ3v) is 6.48. The third-order valence-electron chi connectivity index (χ3n) is 3.33. The zero-order chi connectivity index (χ0) is 14.1. The summed E-state index contributed by atoms with van der Waals surface area (Å²) >= 11 is 0. The predicted octanol–water partition coefficient (Wildman–Crippen LogP) is 4.50. The van der Waals surface area contributed by atoms with E-state index in [0.717, 1.165) is 12.1 Å². The maximum Gasteiger partial charge on any atom is 0.182 e. The Balaban J connectivity index is 3.13. The van der Waals surface area contributed by atoms with Crippen LogP contribution in [0, 0.1) is 0 Å². The minimum atomic E-state index is -1.78. The van der Waals surface area contributed by atoms with Crippen molar-refractivity contribution in [2.45, 2.75) is 89.6 Å². The SMILES string of the molecule is C[Si](C)(O)CCCCCCCCCC[Si](C)(C)O. The molecule has 110 valence electrons. The van der Waals surface area contributed by atoms with Crippen LogP contribution in [0.15, 0.2) is 0 Å². The summed E-state index contributed by atoms with van der Waals surface area (Å²) in [4.78, 5) is 19.4. The van der Waals surface area contributed by atoms with Crippen LogP contribution in [0.1, 0.15) is 51.4 Å². The summed E-state index contributed by atoms with van der Waals surface area (Å²) in [5.74, 6) is 0. The maximum absolute atomic E-state index is 9.70. The molecule has 0 saturated heterocycles. The lowest BCUT2D eigenvalue weighted by Gasteiger charge is -2.13. The van der Waals surface area contributed by atoms with Gasteiger partial charge in [0.15, 0.2) is 16.6 Å². The lowest BCUT2D eigenvalue weighted by Crippen LogP contribution is -2.24. The molecule has 0 aromatic carbocycles. The molecular formula is C14H34O2Si2. The van der Waals surface area contributed by atoms with Gasteiger partial charge >= 0.3 is 0 Å². The average Bonchev–Trinajstić information content (AvgIpc) is 2.17. The molecule has 0 spiro atoms. The van der Waals surface area contributed by atoms with Gasteiger partial charge in [0.2, 0.25) is 0 Å². The second kappa shape index (κ2) is 9.29. The van der Waals surface area contributed by atoms with E-state index in [0.29, 0.717) is 0 Å². The van der Waals surface area contributed by atoms with Gasteiger partial charge in [0.1, 0.15) is 0 Å². The molecule has 0 aromatic heterocycles. The molecule has 0 unspecified atom stereocenters. The summed E-state index contributed by atoms with van der Waals surface area (Å²) in [5, 5.41) is 0. The van der Waals surface area contributed by atoms with Crippen LogP contribution in [0.4, 0.5) is 0 Å². The van der Waals surface area contributed by atoms with Gasteiger partial charge < -0.3 is 9.59 Å². The first kappa shape index (κ1) is 18.4. The summed E-state index contributed by atoms with van der Waals surface area (Å²) in [6.07, 6.45) is 10.3. The molecule has 0 aliphatic rings. The molecule has 2 N–H and O–H groups in total. The fourth-order valence-corrected chi connectivity index (χ4v) is 4.41. The van der Waals surface area contributed by atoms with Crippen molar-refractivity contribution >= 4 is 16.6 Å². The Morgan fingerprint density at radius 3 is 0.944 bits per heavy atom. The van der Waals surface area contributed by atoms with Gasteiger partial charge in [-0.15, -0.1) is 0 Å². The average molecular weight is 291 g/mol. The topological polar surface area (TPSA) is 40.5 Å². The molecule has 18 heavy (non-hydrogen) atoms. The molecule has 2 nitrogen and oxygen atoms in total. The van der Waals surface area contributed by atoms with E-state index in [1.54, 1.807) is 0 Å². The second-order valence-electron chi connectivity index (χ2n) is 6.95. The molecule has 0 heterocycles. The summed E-state index contributed by atoms with van der Waals surface area (Å²) < 4.78 is 0. The maximum atomic E-state index is 9.70. The van der Waals surface area contributed by atoms with Gasteiger partial charge in [0.25, 0.3) is 0 Å². The Morgan fingerprint density at radius 1 is 0.500 bits per heavy atom. The van der Waals surface area contributed by atoms with E-state index in [2.05, 4.69) is 0 Å². The van der Waals surface area contributed by atoms with Gasteiger partial charge in [-0.2, -0.15) is 0 Å². The monoisotopic (exact) mass is 290 g/mol. The van der Waals surface area contributed by atoms with E-state index >= 15 is 0 Å². The van der Waals surface area contributed by atoms with Crippen molar-refractivity contribution < 1.29 is 9.59 Å². The van der Waals surface area contributed by atoms with Crippen molar-refractivity contribution in [2.75, 3.05) is 0 Å². The predicted molar refractivity (Wildman–Crippen MR) is 86.0 cm³/mol. The highest BCUT2D eigenvalue weighted by atomic mass is 28.4. The quantitative estimate of drug-likeness (QED) is 0.434. The Morgan fingerprint density at radius 2 is 0.722 bits per heavy atom. The van der Waals surface area contributed by atoms with E-state index < -0.39 is 16.6 Å². The molecule has 0 aromatic rings. The first-order chi connectivity index (χ1) is 8.21. The van der Waals surface area contributed by atoms with Crippen LogP contribution < -0.4 is 0 Å². The first-order valence-electron chi connectivity index (χ1n) is 7.65. The number of hydrogen-bond acceptors (Lipinski definition) is 2. The Labute approximate surface area is 116 Å². The van der Waals surface area contributed by atoms with Crippen molar-refractivity contribution in [1.29, 1.82) is 0 Å². The van der Waals surface area contributed by atoms with E-state index in [9.17, 15) is 9.59 Å². The molecule has 0 bridgehead atoms. The van der Waals surface area contributed by atoms with Crippen LogP contribution >= 0.6 is 0 Å². The van der Waals surface area contributed by atoms with E-state index in [-0.39, 0.29) is 0 Å². The lowest BCUT2D eigenvalue weighted by atomic mass is 10.1. The van der Waals surface area contributed by atoms with Gasteiger partial charge in [0, 0.05) is 0 Å². The number of rotatable bonds is 11. The summed E-state index contributed by atoms with van der Waals surface area (Å²) in [7, 11) is -3.56. The van der Waals surface area contributed by atoms with Gasteiger partial charge in [-0.1, -0.05) is 51.4 Å². The van der Waals surface area contributed by atoms with Crippen molar-refractivity contribution in [3.05, 3.63) is 0 Å². The van der Waals surface area contributed by atoms with Crippen molar-refractivity contribution in [1.82, 2.24) is 0 Å². The van der Waals surface area contributed by atoms with Crippen molar-refractivity contribution in [3.63, 3.8) is 0 Å². The molecule has 0 amide bonds. The molecular weight excluding hydrogens is 256 g/mol. The molecule has 0 atom stereocenters. The number of unbranched alkanes of at least 4 members (excludes halogenated alkanes) is 7. The van der Waals surface area contributed by atoms with Crippen LogP contribution in [0.5, 0.6) is 0 Å². The minimum absolute atomic E-state index is 1.06. The molecule has 0 aliphatic heterocycles. The highest BCUT2D eigenvalue weighted by molar-refractivity contribution is 6.70. The Hall–Kier alpha value is 0.354. The summed E-state index contributed by atoms with van der Waals surface area (Å²) in [6.45, 7) is 8.11. The summed E-state index contributed by atoms with van der Waals surface area (Å²) in [5.41, 5.74) is 0. The highest BCUT2D eigenvalue weighted by Gasteiger charge is 2.15. The highest BCUT2D eigenvalue weighted by Crippen LogP contribution is 2.16. The largest absolute Gasteiger partial charge is 0.432 e. The number of hydrogen-bond donors (Lipinski definition) is 2. The molecule has 0 aliphatic carbocycles. The van der Waals surface area contributed by atoms with Gasteiger partial charge in [-0.3, -0.25) is 0 Å². The molecule has 0 fully saturated rings. The van der Waals surface area contributed by atoms with Gasteiger partial charge in [-0.25, -0.2) is 0 Å². The Kier molecular flexibility index (Phi) is 9.47. The minimum Gasteiger partial charge on any atom is -0.432 e. The fraction of sp³-hybridized carbons (Fsp3) is 1.00. The van der Waals surface area contributed by atoms with Gasteiger partial charge in [0.05, 0.1) is 0 Å². The van der Waals surface area contributed by atoms with Crippen LogP contribution in [-0.2, 0) is 0 Å². The normalized spacial score (nSPS) is 13.0. The van der Waals surface area contributed by atoms with E-state index in [1.165, 1.54) is 51.4 Å². The molecule has 0 rings (SSSR count). The zero-order valence-electron chi connectivity index (χ0n) is 13.0. The summed E-state index contributed by atoms with van der Waals surface area (Å²) in [6, 6.07) is 2.12. The zero-order valence-corrected chi connectivity index (χ0v) is 15.0. The van der Waals surface area contributed by atoms with Crippen LogP contribution in [0.3, 0.4) is 0 Å². The van der Waals surface area contributed by atoms with Gasteiger partial charge in [-0.05, 0) is 38.3 Å². The third kappa shape index (κ3) is 16.4. The fourth-order valence-electron chi connectivity index (χ4n) is 2.18. The smallest absolute Gasteiger partial charge is 0.182 e. The van der Waals surface area contributed by atoms with Crippen LogP contribution in [-0.4, -0.2) is 26.2 Å². The van der Waals surface area contributed by atoms with E-state index in [4.69, 9.17) is 0 Å². The lowest BCUT2D eigenvalue weighted by molar-refractivity contribution is 0.526. The molecule has 0 radical (unpaired) electrons. The van der Waals surface area contributed by atoms with Crippen molar-refractivity contribution in [3.8, 4) is 0 Å². The molecule has 4 heteroatoms. The van der Waals surface area contributed by atoms with E-state index in [1.807, 2.05) is 26.2 Å². The van der Waals surface area contributed by atoms with Crippen LogP contribution in [0.2, 0.25) is 38.3 Å². The van der Waals surface area contributed by atoms with Crippen LogP contribution in [0.25, 0.3) is 0 Å². The molecule has 0 saturated carbocycles. The second-order valence-corrected chi connectivity index (χ2v) is 15.2. The Bertz CT molecular complexity index is 173.